The predicted octanol–water partition coefficient (Wildman–Crippen LogP) is 1.40. The van der Waals surface area contributed by atoms with Crippen molar-refractivity contribution in [3.05, 3.63) is 0 Å². The van der Waals surface area contributed by atoms with Gasteiger partial charge in [-0.05, 0) is 25.2 Å². The summed E-state index contributed by atoms with van der Waals surface area (Å²) in [5, 5.41) is 11.3. The SMILES string of the molecule is CNC(=O)C(CCC(=O)O)C1CCCC1. The maximum absolute atomic E-state index is 11.6. The van der Waals surface area contributed by atoms with Gasteiger partial charge in [-0.1, -0.05) is 12.8 Å². The lowest BCUT2D eigenvalue weighted by Crippen LogP contribution is -2.32. The van der Waals surface area contributed by atoms with Crippen molar-refractivity contribution in [3.8, 4) is 0 Å². The van der Waals surface area contributed by atoms with E-state index in [9.17, 15) is 9.59 Å². The zero-order valence-electron chi connectivity index (χ0n) is 9.16. The molecule has 0 aliphatic heterocycles. The summed E-state index contributed by atoms with van der Waals surface area (Å²) < 4.78 is 0. The van der Waals surface area contributed by atoms with Gasteiger partial charge >= 0.3 is 5.97 Å². The van der Waals surface area contributed by atoms with E-state index in [4.69, 9.17) is 5.11 Å². The second-order valence-electron chi connectivity index (χ2n) is 4.20. The Hall–Kier alpha value is -1.06. The Morgan fingerprint density at radius 1 is 1.40 bits per heavy atom. The molecule has 1 amide bonds. The van der Waals surface area contributed by atoms with Gasteiger partial charge in [0.15, 0.2) is 0 Å². The minimum Gasteiger partial charge on any atom is -0.481 e. The van der Waals surface area contributed by atoms with Gasteiger partial charge in [0.25, 0.3) is 0 Å². The lowest BCUT2D eigenvalue weighted by atomic mass is 9.86. The minimum atomic E-state index is -0.818. The van der Waals surface area contributed by atoms with Crippen LogP contribution in [0.1, 0.15) is 38.5 Å². The first-order chi connectivity index (χ1) is 7.15. The third-order valence-electron chi connectivity index (χ3n) is 3.22. The highest BCUT2D eigenvalue weighted by molar-refractivity contribution is 5.79. The Balaban J connectivity index is 2.51. The second-order valence-corrected chi connectivity index (χ2v) is 4.20. The molecule has 4 heteroatoms. The number of carboxylic acids is 1. The number of hydrogen-bond donors (Lipinski definition) is 2. The van der Waals surface area contributed by atoms with Crippen LogP contribution in [0, 0.1) is 11.8 Å². The van der Waals surface area contributed by atoms with Crippen LogP contribution in [0.2, 0.25) is 0 Å². The molecule has 1 unspecified atom stereocenters. The van der Waals surface area contributed by atoms with Crippen molar-refractivity contribution < 1.29 is 14.7 Å². The molecular weight excluding hydrogens is 194 g/mol. The van der Waals surface area contributed by atoms with Crippen molar-refractivity contribution in [2.45, 2.75) is 38.5 Å². The Morgan fingerprint density at radius 2 is 2.00 bits per heavy atom. The van der Waals surface area contributed by atoms with Gasteiger partial charge in [0, 0.05) is 19.4 Å². The van der Waals surface area contributed by atoms with Crippen molar-refractivity contribution in [2.75, 3.05) is 7.05 Å². The van der Waals surface area contributed by atoms with Crippen LogP contribution in [-0.2, 0) is 9.59 Å². The number of carbonyl (C=O) groups is 2. The van der Waals surface area contributed by atoms with Crippen LogP contribution in [0.15, 0.2) is 0 Å². The molecule has 1 rings (SSSR count). The average Bonchev–Trinajstić information content (AvgIpc) is 2.70. The molecule has 1 saturated carbocycles. The highest BCUT2D eigenvalue weighted by Gasteiger charge is 2.30. The van der Waals surface area contributed by atoms with Crippen LogP contribution >= 0.6 is 0 Å². The van der Waals surface area contributed by atoms with Crippen LogP contribution < -0.4 is 5.32 Å². The van der Waals surface area contributed by atoms with E-state index in [1.54, 1.807) is 7.05 Å². The normalized spacial score (nSPS) is 18.7. The molecule has 0 heterocycles. The highest BCUT2D eigenvalue weighted by atomic mass is 16.4. The molecule has 0 bridgehead atoms. The molecule has 0 saturated heterocycles. The lowest BCUT2D eigenvalue weighted by Gasteiger charge is -2.20. The van der Waals surface area contributed by atoms with Crippen molar-refractivity contribution in [1.82, 2.24) is 5.32 Å². The minimum absolute atomic E-state index is 0.00292. The van der Waals surface area contributed by atoms with Crippen LogP contribution in [0.3, 0.4) is 0 Å². The standard InChI is InChI=1S/C11H19NO3/c1-12-11(15)9(6-7-10(13)14)8-4-2-3-5-8/h8-9H,2-7H2,1H3,(H,12,15)(H,13,14). The molecule has 1 atom stereocenters. The van der Waals surface area contributed by atoms with Crippen molar-refractivity contribution >= 4 is 11.9 Å². The van der Waals surface area contributed by atoms with E-state index in [-0.39, 0.29) is 18.2 Å². The average molecular weight is 213 g/mol. The van der Waals surface area contributed by atoms with E-state index >= 15 is 0 Å². The molecule has 0 spiro atoms. The van der Waals surface area contributed by atoms with Crippen molar-refractivity contribution in [2.24, 2.45) is 11.8 Å². The molecule has 2 N–H and O–H groups in total. The summed E-state index contributed by atoms with van der Waals surface area (Å²) in [5.74, 6) is -0.525. The first-order valence-electron chi connectivity index (χ1n) is 5.58. The van der Waals surface area contributed by atoms with Gasteiger partial charge in [-0.15, -0.1) is 0 Å². The number of aliphatic carboxylic acids is 1. The summed E-state index contributed by atoms with van der Waals surface area (Å²) in [4.78, 5) is 22.1. The van der Waals surface area contributed by atoms with Crippen LogP contribution in [-0.4, -0.2) is 24.0 Å². The molecule has 1 fully saturated rings. The maximum atomic E-state index is 11.6. The number of hydrogen-bond acceptors (Lipinski definition) is 2. The Labute approximate surface area is 90.0 Å². The third-order valence-corrected chi connectivity index (χ3v) is 3.22. The number of carboxylic acid groups (broad SMARTS) is 1. The second kappa shape index (κ2) is 5.73. The molecule has 1 aliphatic rings. The van der Waals surface area contributed by atoms with E-state index in [0.717, 1.165) is 12.8 Å². The van der Waals surface area contributed by atoms with Gasteiger partial charge in [0.05, 0.1) is 0 Å². The zero-order valence-corrected chi connectivity index (χ0v) is 9.16. The molecule has 0 radical (unpaired) electrons. The molecule has 86 valence electrons. The fraction of sp³-hybridized carbons (Fsp3) is 0.818. The number of nitrogens with one attached hydrogen (secondary N) is 1. The molecule has 4 nitrogen and oxygen atoms in total. The highest BCUT2D eigenvalue weighted by Crippen LogP contribution is 2.33. The van der Waals surface area contributed by atoms with Gasteiger partial charge in [0.2, 0.25) is 5.91 Å². The fourth-order valence-electron chi connectivity index (χ4n) is 2.41. The number of carbonyl (C=O) groups excluding carboxylic acids is 1. The summed E-state index contributed by atoms with van der Waals surface area (Å²) in [5.41, 5.74) is 0. The van der Waals surface area contributed by atoms with Crippen LogP contribution in [0.5, 0.6) is 0 Å². The van der Waals surface area contributed by atoms with Gasteiger partial charge in [-0.25, -0.2) is 0 Å². The smallest absolute Gasteiger partial charge is 0.303 e. The van der Waals surface area contributed by atoms with Crippen LogP contribution in [0.4, 0.5) is 0 Å². The molecule has 1 aliphatic carbocycles. The van der Waals surface area contributed by atoms with E-state index in [1.807, 2.05) is 0 Å². The largest absolute Gasteiger partial charge is 0.481 e. The predicted molar refractivity (Wildman–Crippen MR) is 56.4 cm³/mol. The third kappa shape index (κ3) is 3.53. The number of amides is 1. The molecule has 0 aromatic rings. The monoisotopic (exact) mass is 213 g/mol. The zero-order chi connectivity index (χ0) is 11.3. The first-order valence-corrected chi connectivity index (χ1v) is 5.58. The lowest BCUT2D eigenvalue weighted by molar-refractivity contribution is -0.137. The summed E-state index contributed by atoms with van der Waals surface area (Å²) in [6.45, 7) is 0. The summed E-state index contributed by atoms with van der Waals surface area (Å²) in [7, 11) is 1.62. The molecule has 0 aromatic heterocycles. The number of rotatable bonds is 5. The van der Waals surface area contributed by atoms with Gasteiger partial charge in [-0.2, -0.15) is 0 Å². The Kier molecular flexibility index (Phi) is 4.59. The van der Waals surface area contributed by atoms with Gasteiger partial charge < -0.3 is 10.4 Å². The fourth-order valence-corrected chi connectivity index (χ4v) is 2.41. The Morgan fingerprint density at radius 3 is 2.47 bits per heavy atom. The quantitative estimate of drug-likeness (QED) is 0.725. The maximum Gasteiger partial charge on any atom is 0.303 e. The van der Waals surface area contributed by atoms with E-state index in [0.29, 0.717) is 12.3 Å². The van der Waals surface area contributed by atoms with Crippen molar-refractivity contribution in [3.63, 3.8) is 0 Å². The first kappa shape index (κ1) is 12.0. The summed E-state index contributed by atoms with van der Waals surface area (Å²) >= 11 is 0. The van der Waals surface area contributed by atoms with Crippen molar-refractivity contribution in [1.29, 1.82) is 0 Å². The molecule has 0 aromatic carbocycles. The molecule has 15 heavy (non-hydrogen) atoms. The van der Waals surface area contributed by atoms with E-state index in [2.05, 4.69) is 5.32 Å². The van der Waals surface area contributed by atoms with E-state index in [1.165, 1.54) is 12.8 Å². The van der Waals surface area contributed by atoms with Crippen LogP contribution in [0.25, 0.3) is 0 Å². The summed E-state index contributed by atoms with van der Waals surface area (Å²) in [6, 6.07) is 0. The van der Waals surface area contributed by atoms with E-state index < -0.39 is 5.97 Å². The van der Waals surface area contributed by atoms with Gasteiger partial charge in [-0.3, -0.25) is 9.59 Å². The topological polar surface area (TPSA) is 66.4 Å². The summed E-state index contributed by atoms with van der Waals surface area (Å²) in [6.07, 6.45) is 5.04. The van der Waals surface area contributed by atoms with Gasteiger partial charge in [0.1, 0.15) is 0 Å². The molecular formula is C11H19NO3. The Bertz CT molecular complexity index is 234.